The summed E-state index contributed by atoms with van der Waals surface area (Å²) >= 11 is 0. The average molecular weight is 429 g/mol. The monoisotopic (exact) mass is 428 g/mol. The van der Waals surface area contributed by atoms with E-state index in [0.717, 1.165) is 18.3 Å². The van der Waals surface area contributed by atoms with Crippen LogP contribution in [0.4, 0.5) is 0 Å². The number of benzene rings is 1. The van der Waals surface area contributed by atoms with E-state index in [9.17, 15) is 0 Å². The van der Waals surface area contributed by atoms with E-state index in [1.807, 2.05) is 27.7 Å². The normalized spacial score (nSPS) is 18.2. The van der Waals surface area contributed by atoms with Gasteiger partial charge in [0.15, 0.2) is 0 Å². The summed E-state index contributed by atoms with van der Waals surface area (Å²) in [6.07, 6.45) is 16.9. The first-order chi connectivity index (χ1) is 14.7. The maximum atomic E-state index is 4.41. The number of rotatable bonds is 9. The van der Waals surface area contributed by atoms with Crippen LogP contribution in [-0.2, 0) is 6.42 Å². The highest BCUT2D eigenvalue weighted by atomic mass is 14.3. The summed E-state index contributed by atoms with van der Waals surface area (Å²) in [4.78, 5) is 0. The molecule has 1 aliphatic rings. The van der Waals surface area contributed by atoms with E-state index in [2.05, 4.69) is 76.1 Å². The van der Waals surface area contributed by atoms with E-state index in [1.54, 1.807) is 0 Å². The molecule has 0 radical (unpaired) electrons. The van der Waals surface area contributed by atoms with Crippen molar-refractivity contribution < 1.29 is 0 Å². The summed E-state index contributed by atoms with van der Waals surface area (Å²) in [6, 6.07) is 10.9. The Morgan fingerprint density at radius 1 is 1.00 bits per heavy atom. The highest BCUT2D eigenvalue weighted by Gasteiger charge is 2.25. The van der Waals surface area contributed by atoms with Crippen LogP contribution in [0.25, 0.3) is 0 Å². The van der Waals surface area contributed by atoms with Gasteiger partial charge in [-0.15, -0.1) is 13.2 Å². The topological polar surface area (TPSA) is 0 Å². The minimum Gasteiger partial charge on any atom is -0.106 e. The Labute approximate surface area is 198 Å². The van der Waals surface area contributed by atoms with Gasteiger partial charge in [-0.2, -0.15) is 0 Å². The molecule has 0 N–H and O–H groups in total. The predicted octanol–water partition coefficient (Wildman–Crippen LogP) is 10.9. The highest BCUT2D eigenvalue weighted by molar-refractivity contribution is 5.17. The molecule has 1 fully saturated rings. The largest absolute Gasteiger partial charge is 0.106 e. The van der Waals surface area contributed by atoms with Crippen molar-refractivity contribution in [3.05, 3.63) is 73.4 Å². The van der Waals surface area contributed by atoms with Crippen molar-refractivity contribution in [2.24, 2.45) is 17.8 Å². The molecule has 1 aromatic rings. The van der Waals surface area contributed by atoms with Crippen molar-refractivity contribution >= 4 is 0 Å². The van der Waals surface area contributed by atoms with Crippen LogP contribution >= 0.6 is 0 Å². The third-order valence-corrected chi connectivity index (χ3v) is 5.53. The molecule has 1 aromatic carbocycles. The number of hydrogen-bond acceptors (Lipinski definition) is 0. The van der Waals surface area contributed by atoms with Crippen molar-refractivity contribution in [2.45, 2.75) is 107 Å². The molecule has 2 rings (SSSR count). The maximum Gasteiger partial charge on any atom is -0.0143 e. The molecule has 1 saturated carbocycles. The number of allylic oxidation sites excluding steroid dienone is 3. The Morgan fingerprint density at radius 2 is 1.61 bits per heavy atom. The lowest BCUT2D eigenvalue weighted by Crippen LogP contribution is -2.20. The lowest BCUT2D eigenvalue weighted by Gasteiger charge is -2.32. The quantitative estimate of drug-likeness (QED) is 0.271. The standard InChI is InChI=1S/C24H36.2C2H6.C2H4.CH4/c1-4-5-6-10-16-24-21(3)12-11-15-23(24)18-17-20(2)19-22-13-8-7-9-14-22;3*1-2;/h7-9,13-14,17-18,20,23-24H,3-6,10-12,15-16,19H2,1-2H3;2*1-2H3;1-2H2;1H4/b18-17+;;;;. The van der Waals surface area contributed by atoms with Crippen LogP contribution in [0.3, 0.4) is 0 Å². The molecule has 0 aromatic heterocycles. The van der Waals surface area contributed by atoms with Gasteiger partial charge in [0.2, 0.25) is 0 Å². The van der Waals surface area contributed by atoms with E-state index < -0.39 is 0 Å². The zero-order chi connectivity index (χ0) is 23.2. The molecule has 0 saturated heterocycles. The second kappa shape index (κ2) is 24.7. The van der Waals surface area contributed by atoms with Crippen molar-refractivity contribution in [1.82, 2.24) is 0 Å². The SMILES string of the molecule is C.C=C.C=C1CCCC(/C=C/C(C)Cc2ccccc2)C1CCCCCC.CC.CC. The first-order valence-corrected chi connectivity index (χ1v) is 12.6. The van der Waals surface area contributed by atoms with Gasteiger partial charge >= 0.3 is 0 Å². The molecule has 180 valence electrons. The van der Waals surface area contributed by atoms with Gasteiger partial charge in [0, 0.05) is 0 Å². The first-order valence-electron chi connectivity index (χ1n) is 12.6. The molecular formula is C31H56. The first kappa shape index (κ1) is 34.1. The molecule has 31 heavy (non-hydrogen) atoms. The van der Waals surface area contributed by atoms with Crippen LogP contribution in [0.15, 0.2) is 67.8 Å². The third kappa shape index (κ3) is 15.8. The smallest absolute Gasteiger partial charge is 0.0143 e. The molecule has 0 heterocycles. The van der Waals surface area contributed by atoms with Gasteiger partial charge in [-0.05, 0) is 55.4 Å². The Hall–Kier alpha value is -1.56. The van der Waals surface area contributed by atoms with Gasteiger partial charge in [-0.25, -0.2) is 0 Å². The molecule has 0 heteroatoms. The fourth-order valence-electron chi connectivity index (χ4n) is 4.08. The highest BCUT2D eigenvalue weighted by Crippen LogP contribution is 2.38. The zero-order valence-corrected chi connectivity index (χ0v) is 21.3. The van der Waals surface area contributed by atoms with Crippen LogP contribution in [0.2, 0.25) is 0 Å². The lowest BCUT2D eigenvalue weighted by molar-refractivity contribution is 0.333. The minimum absolute atomic E-state index is 0. The molecule has 1 aliphatic carbocycles. The van der Waals surface area contributed by atoms with Crippen molar-refractivity contribution in [2.75, 3.05) is 0 Å². The predicted molar refractivity (Wildman–Crippen MR) is 148 cm³/mol. The Kier molecular flexibility index (Phi) is 27.1. The van der Waals surface area contributed by atoms with Crippen LogP contribution in [0.5, 0.6) is 0 Å². The van der Waals surface area contributed by atoms with E-state index in [0.29, 0.717) is 5.92 Å². The van der Waals surface area contributed by atoms with Crippen molar-refractivity contribution in [3.63, 3.8) is 0 Å². The van der Waals surface area contributed by atoms with E-state index in [-0.39, 0.29) is 7.43 Å². The third-order valence-electron chi connectivity index (χ3n) is 5.53. The molecule has 0 bridgehead atoms. The second-order valence-corrected chi connectivity index (χ2v) is 7.72. The Balaban J connectivity index is -0.00000103. The van der Waals surface area contributed by atoms with Gasteiger partial charge < -0.3 is 0 Å². The fourth-order valence-corrected chi connectivity index (χ4v) is 4.08. The fraction of sp³-hybridized carbons (Fsp3) is 0.613. The van der Waals surface area contributed by atoms with Crippen molar-refractivity contribution in [1.29, 1.82) is 0 Å². The van der Waals surface area contributed by atoms with Gasteiger partial charge in [-0.1, -0.05) is 129 Å². The van der Waals surface area contributed by atoms with Gasteiger partial charge in [0.25, 0.3) is 0 Å². The van der Waals surface area contributed by atoms with E-state index in [1.165, 1.54) is 62.5 Å². The molecule has 0 spiro atoms. The second-order valence-electron chi connectivity index (χ2n) is 7.72. The minimum atomic E-state index is 0. The Morgan fingerprint density at radius 3 is 2.19 bits per heavy atom. The van der Waals surface area contributed by atoms with Crippen LogP contribution in [-0.4, -0.2) is 0 Å². The molecular weight excluding hydrogens is 372 g/mol. The van der Waals surface area contributed by atoms with E-state index >= 15 is 0 Å². The van der Waals surface area contributed by atoms with Crippen LogP contribution < -0.4 is 0 Å². The average Bonchev–Trinajstić information content (AvgIpc) is 2.81. The Bertz CT molecular complexity index is 510. The van der Waals surface area contributed by atoms with Crippen LogP contribution in [0, 0.1) is 17.8 Å². The number of hydrogen-bond donors (Lipinski definition) is 0. The molecule has 0 aliphatic heterocycles. The van der Waals surface area contributed by atoms with Crippen LogP contribution in [0.1, 0.15) is 106 Å². The van der Waals surface area contributed by atoms with Gasteiger partial charge in [0.1, 0.15) is 0 Å². The van der Waals surface area contributed by atoms with E-state index in [4.69, 9.17) is 0 Å². The van der Waals surface area contributed by atoms with Gasteiger partial charge in [-0.3, -0.25) is 0 Å². The lowest BCUT2D eigenvalue weighted by atomic mass is 9.73. The zero-order valence-electron chi connectivity index (χ0n) is 21.3. The summed E-state index contributed by atoms with van der Waals surface area (Å²) in [7, 11) is 0. The summed E-state index contributed by atoms with van der Waals surface area (Å²) in [6.45, 7) is 23.0. The van der Waals surface area contributed by atoms with Gasteiger partial charge in [0.05, 0.1) is 0 Å². The maximum absolute atomic E-state index is 4.41. The summed E-state index contributed by atoms with van der Waals surface area (Å²) < 4.78 is 0. The molecule has 3 unspecified atom stereocenters. The molecule has 0 nitrogen and oxygen atoms in total. The summed E-state index contributed by atoms with van der Waals surface area (Å²) in [5.74, 6) is 2.07. The molecule has 3 atom stereocenters. The number of unbranched alkanes of at least 4 members (excludes halogenated alkanes) is 3. The summed E-state index contributed by atoms with van der Waals surface area (Å²) in [5, 5.41) is 0. The van der Waals surface area contributed by atoms with Crippen molar-refractivity contribution in [3.8, 4) is 0 Å². The molecule has 0 amide bonds. The summed E-state index contributed by atoms with van der Waals surface area (Å²) in [5.41, 5.74) is 2.96.